The van der Waals surface area contributed by atoms with E-state index in [2.05, 4.69) is 5.32 Å². The van der Waals surface area contributed by atoms with Crippen molar-refractivity contribution in [3.8, 4) is 0 Å². The van der Waals surface area contributed by atoms with Crippen LogP contribution in [0.25, 0.3) is 0 Å². The van der Waals surface area contributed by atoms with Crippen molar-refractivity contribution in [3.05, 3.63) is 0 Å². The van der Waals surface area contributed by atoms with Gasteiger partial charge in [-0.25, -0.2) is 0 Å². The Morgan fingerprint density at radius 3 is 2.80 bits per heavy atom. The van der Waals surface area contributed by atoms with Gasteiger partial charge in [0.2, 0.25) is 0 Å². The summed E-state index contributed by atoms with van der Waals surface area (Å²) in [4.78, 5) is 10.3. The zero-order valence-electron chi connectivity index (χ0n) is 5.37. The van der Waals surface area contributed by atoms with Gasteiger partial charge in [0.1, 0.15) is 6.04 Å². The maximum atomic E-state index is 10.8. The van der Waals surface area contributed by atoms with Gasteiger partial charge < -0.3 is 10.4 Å². The second kappa shape index (κ2) is 3.12. The minimum Gasteiger partial charge on any atom is -0.480 e. The molecule has 1 aliphatic heterocycles. The molecule has 0 bridgehead atoms. The van der Waals surface area contributed by atoms with Crippen molar-refractivity contribution in [2.75, 3.05) is 18.1 Å². The molecule has 0 aliphatic carbocycles. The quantitative estimate of drug-likeness (QED) is 0.509. The Balaban J connectivity index is 2.47. The maximum Gasteiger partial charge on any atom is 0.321 e. The van der Waals surface area contributed by atoms with Crippen molar-refractivity contribution in [2.45, 2.75) is 6.04 Å². The van der Waals surface area contributed by atoms with Crippen LogP contribution in [0.5, 0.6) is 0 Å². The third-order valence-electron chi connectivity index (χ3n) is 1.37. The molecule has 1 heterocycles. The van der Waals surface area contributed by atoms with E-state index < -0.39 is 22.8 Å². The van der Waals surface area contributed by atoms with Crippen LogP contribution in [0.1, 0.15) is 0 Å². The number of carboxylic acids is 1. The van der Waals surface area contributed by atoms with Gasteiger partial charge in [0, 0.05) is 28.9 Å². The SMILES string of the molecule is O=C(O)C1CS(=O)CCN1. The first-order valence-electron chi connectivity index (χ1n) is 3.01. The third-order valence-corrected chi connectivity index (χ3v) is 2.74. The molecule has 1 aliphatic rings. The Kier molecular flexibility index (Phi) is 2.39. The average molecular weight is 163 g/mol. The van der Waals surface area contributed by atoms with Gasteiger partial charge in [-0.3, -0.25) is 9.00 Å². The molecule has 0 saturated carbocycles. The Hall–Kier alpha value is -0.420. The van der Waals surface area contributed by atoms with Gasteiger partial charge in [-0.15, -0.1) is 0 Å². The number of hydrogen-bond acceptors (Lipinski definition) is 3. The van der Waals surface area contributed by atoms with Gasteiger partial charge >= 0.3 is 5.97 Å². The van der Waals surface area contributed by atoms with E-state index in [-0.39, 0.29) is 5.75 Å². The van der Waals surface area contributed by atoms with Crippen molar-refractivity contribution in [1.82, 2.24) is 5.32 Å². The smallest absolute Gasteiger partial charge is 0.321 e. The normalized spacial score (nSPS) is 33.6. The van der Waals surface area contributed by atoms with Gasteiger partial charge in [-0.05, 0) is 0 Å². The number of aliphatic carboxylic acids is 1. The van der Waals surface area contributed by atoms with Gasteiger partial charge in [0.05, 0.1) is 0 Å². The summed E-state index contributed by atoms with van der Waals surface area (Å²) in [6.07, 6.45) is 0. The van der Waals surface area contributed by atoms with Gasteiger partial charge in [-0.1, -0.05) is 0 Å². The Bertz CT molecular complexity index is 168. The number of rotatable bonds is 1. The monoisotopic (exact) mass is 163 g/mol. The van der Waals surface area contributed by atoms with E-state index in [1.54, 1.807) is 0 Å². The molecule has 1 fully saturated rings. The molecule has 2 N–H and O–H groups in total. The summed E-state index contributed by atoms with van der Waals surface area (Å²) < 4.78 is 10.8. The zero-order valence-corrected chi connectivity index (χ0v) is 6.19. The minimum absolute atomic E-state index is 0.245. The van der Waals surface area contributed by atoms with Crippen LogP contribution in [0.4, 0.5) is 0 Å². The molecule has 0 radical (unpaired) electrons. The summed E-state index contributed by atoms with van der Waals surface area (Å²) in [7, 11) is -0.934. The molecule has 5 heteroatoms. The van der Waals surface area contributed by atoms with Crippen LogP contribution in [0.3, 0.4) is 0 Å². The molecule has 0 spiro atoms. The summed E-state index contributed by atoms with van der Waals surface area (Å²) in [5.41, 5.74) is 0. The third kappa shape index (κ3) is 1.78. The molecular formula is C5H9NO3S. The maximum absolute atomic E-state index is 10.8. The highest BCUT2D eigenvalue weighted by Gasteiger charge is 2.23. The fourth-order valence-corrected chi connectivity index (χ4v) is 1.98. The molecule has 2 atom stereocenters. The predicted octanol–water partition coefficient (Wildman–Crippen LogP) is -1.21. The lowest BCUT2D eigenvalue weighted by Gasteiger charge is -2.18. The molecule has 0 amide bonds. The average Bonchev–Trinajstić information content (AvgIpc) is 1.88. The highest BCUT2D eigenvalue weighted by atomic mass is 32.2. The van der Waals surface area contributed by atoms with E-state index in [1.807, 2.05) is 0 Å². The highest BCUT2D eigenvalue weighted by Crippen LogP contribution is 1.95. The van der Waals surface area contributed by atoms with E-state index in [0.29, 0.717) is 12.3 Å². The molecule has 58 valence electrons. The van der Waals surface area contributed by atoms with Gasteiger partial charge in [-0.2, -0.15) is 0 Å². The lowest BCUT2D eigenvalue weighted by atomic mass is 10.3. The van der Waals surface area contributed by atoms with E-state index in [9.17, 15) is 9.00 Å². The summed E-state index contributed by atoms with van der Waals surface area (Å²) in [5.74, 6) is -0.0906. The molecule has 0 aromatic carbocycles. The molecule has 0 aromatic rings. The largest absolute Gasteiger partial charge is 0.480 e. The number of hydrogen-bond donors (Lipinski definition) is 2. The van der Waals surface area contributed by atoms with Crippen molar-refractivity contribution in [2.24, 2.45) is 0 Å². The topological polar surface area (TPSA) is 66.4 Å². The molecule has 10 heavy (non-hydrogen) atoms. The minimum atomic E-state index is -0.934. The number of carboxylic acid groups (broad SMARTS) is 1. The van der Waals surface area contributed by atoms with Gasteiger partial charge in [0.25, 0.3) is 0 Å². The standard InChI is InChI=1S/C5H9NO3S/c7-5(8)4-3-10(9)2-1-6-4/h4,6H,1-3H2,(H,7,8). The number of nitrogens with one attached hydrogen (secondary N) is 1. The molecule has 2 unspecified atom stereocenters. The van der Waals surface area contributed by atoms with E-state index in [0.717, 1.165) is 0 Å². The molecule has 0 aromatic heterocycles. The molecule has 1 saturated heterocycles. The fraction of sp³-hybridized carbons (Fsp3) is 0.800. The zero-order chi connectivity index (χ0) is 7.56. The van der Waals surface area contributed by atoms with E-state index in [1.165, 1.54) is 0 Å². The second-order valence-electron chi connectivity index (χ2n) is 2.16. The Morgan fingerprint density at radius 1 is 1.70 bits per heavy atom. The first-order valence-corrected chi connectivity index (χ1v) is 4.50. The second-order valence-corrected chi connectivity index (χ2v) is 3.78. The van der Waals surface area contributed by atoms with E-state index in [4.69, 9.17) is 5.11 Å². The van der Waals surface area contributed by atoms with Crippen LogP contribution < -0.4 is 5.32 Å². The number of carbonyl (C=O) groups is 1. The fourth-order valence-electron chi connectivity index (χ4n) is 0.834. The first-order chi connectivity index (χ1) is 4.70. The summed E-state index contributed by atoms with van der Waals surface area (Å²) in [6.45, 7) is 0.545. The van der Waals surface area contributed by atoms with Crippen molar-refractivity contribution < 1.29 is 14.1 Å². The Morgan fingerprint density at radius 2 is 2.40 bits per heavy atom. The Labute approximate surface area is 61.1 Å². The lowest BCUT2D eigenvalue weighted by Crippen LogP contribution is -2.47. The summed E-state index contributed by atoms with van der Waals surface area (Å²) >= 11 is 0. The lowest BCUT2D eigenvalue weighted by molar-refractivity contribution is -0.138. The predicted molar refractivity (Wildman–Crippen MR) is 37.3 cm³/mol. The van der Waals surface area contributed by atoms with Crippen molar-refractivity contribution >= 4 is 16.8 Å². The van der Waals surface area contributed by atoms with Crippen LogP contribution in [0.15, 0.2) is 0 Å². The van der Waals surface area contributed by atoms with E-state index >= 15 is 0 Å². The van der Waals surface area contributed by atoms with Gasteiger partial charge in [0.15, 0.2) is 0 Å². The first kappa shape index (κ1) is 7.68. The van der Waals surface area contributed by atoms with Crippen LogP contribution in [-0.2, 0) is 15.6 Å². The molecule has 1 rings (SSSR count). The summed E-state index contributed by atoms with van der Waals surface area (Å²) in [5, 5.41) is 11.2. The van der Waals surface area contributed by atoms with Crippen LogP contribution in [0, 0.1) is 0 Å². The molecular weight excluding hydrogens is 154 g/mol. The van der Waals surface area contributed by atoms with Crippen LogP contribution >= 0.6 is 0 Å². The van der Waals surface area contributed by atoms with Crippen molar-refractivity contribution in [1.29, 1.82) is 0 Å². The van der Waals surface area contributed by atoms with Crippen LogP contribution in [-0.4, -0.2) is 39.4 Å². The highest BCUT2D eigenvalue weighted by molar-refractivity contribution is 7.85. The molecule has 4 nitrogen and oxygen atoms in total. The summed E-state index contributed by atoms with van der Waals surface area (Å²) in [6, 6.07) is -0.602. The van der Waals surface area contributed by atoms with Crippen molar-refractivity contribution in [3.63, 3.8) is 0 Å². The van der Waals surface area contributed by atoms with Crippen LogP contribution in [0.2, 0.25) is 0 Å².